The first-order valence-electron chi connectivity index (χ1n) is 9.43. The molecule has 0 aliphatic carbocycles. The van der Waals surface area contributed by atoms with Crippen molar-refractivity contribution in [3.8, 4) is 5.75 Å². The number of carbonyl (C=O) groups excluding carboxylic acids is 2. The van der Waals surface area contributed by atoms with E-state index in [4.69, 9.17) is 21.0 Å². The minimum absolute atomic E-state index is 0.0430. The number of benzene rings is 1. The van der Waals surface area contributed by atoms with Crippen LogP contribution >= 0.6 is 11.6 Å². The summed E-state index contributed by atoms with van der Waals surface area (Å²) in [7, 11) is 0. The molecule has 1 aromatic heterocycles. The number of aromatic nitrogens is 1. The highest BCUT2D eigenvalue weighted by atomic mass is 35.5. The van der Waals surface area contributed by atoms with E-state index < -0.39 is 23.7 Å². The second-order valence-electron chi connectivity index (χ2n) is 7.43. The minimum Gasteiger partial charge on any atom is -0.376 e. The average molecular weight is 424 g/mol. The van der Waals surface area contributed by atoms with Crippen molar-refractivity contribution in [1.82, 2.24) is 15.5 Å². The Kier molecular flexibility index (Phi) is 6.42. The SMILES string of the molecule is Cc1cc(C(C(=O)N2CCCC2C(=O)NOc2ccc(Cl)cc2F)C(C)C)on1. The molecule has 29 heavy (non-hydrogen) atoms. The topological polar surface area (TPSA) is 84.7 Å². The third kappa shape index (κ3) is 4.70. The lowest BCUT2D eigenvalue weighted by Crippen LogP contribution is -2.48. The van der Waals surface area contributed by atoms with Gasteiger partial charge in [-0.3, -0.25) is 9.59 Å². The van der Waals surface area contributed by atoms with Gasteiger partial charge in [0.25, 0.3) is 5.91 Å². The van der Waals surface area contributed by atoms with Gasteiger partial charge in [-0.25, -0.2) is 4.39 Å². The fraction of sp³-hybridized carbons (Fsp3) is 0.450. The molecular formula is C20H23ClFN3O4. The Balaban J connectivity index is 1.70. The molecule has 1 aliphatic rings. The Morgan fingerprint density at radius 3 is 2.76 bits per heavy atom. The number of nitrogens with zero attached hydrogens (tertiary/aromatic N) is 2. The Hall–Kier alpha value is -2.61. The van der Waals surface area contributed by atoms with Crippen LogP contribution in [0, 0.1) is 18.7 Å². The van der Waals surface area contributed by atoms with Gasteiger partial charge in [-0.05, 0) is 43.9 Å². The summed E-state index contributed by atoms with van der Waals surface area (Å²) in [6.45, 7) is 6.06. The van der Waals surface area contributed by atoms with Crippen LogP contribution < -0.4 is 10.3 Å². The van der Waals surface area contributed by atoms with Crippen LogP contribution in [0.2, 0.25) is 5.02 Å². The quantitative estimate of drug-likeness (QED) is 0.717. The molecule has 1 fully saturated rings. The summed E-state index contributed by atoms with van der Waals surface area (Å²) < 4.78 is 19.1. The predicted molar refractivity (Wildman–Crippen MR) is 104 cm³/mol. The van der Waals surface area contributed by atoms with Crippen molar-refractivity contribution in [2.24, 2.45) is 5.92 Å². The molecule has 2 heterocycles. The molecule has 0 spiro atoms. The summed E-state index contributed by atoms with van der Waals surface area (Å²) in [4.78, 5) is 32.5. The van der Waals surface area contributed by atoms with E-state index >= 15 is 0 Å². The molecule has 2 unspecified atom stereocenters. The highest BCUT2D eigenvalue weighted by Gasteiger charge is 2.40. The summed E-state index contributed by atoms with van der Waals surface area (Å²) in [6.07, 6.45) is 1.17. The van der Waals surface area contributed by atoms with Crippen LogP contribution in [0.15, 0.2) is 28.8 Å². The summed E-state index contributed by atoms with van der Waals surface area (Å²) in [5.41, 5.74) is 2.93. The highest BCUT2D eigenvalue weighted by molar-refractivity contribution is 6.30. The maximum Gasteiger partial charge on any atom is 0.275 e. The third-order valence-electron chi connectivity index (χ3n) is 4.88. The first-order valence-corrected chi connectivity index (χ1v) is 9.81. The molecule has 2 amide bonds. The number of likely N-dealkylation sites (tertiary alicyclic amines) is 1. The molecule has 2 atom stereocenters. The van der Waals surface area contributed by atoms with Crippen molar-refractivity contribution in [1.29, 1.82) is 0 Å². The molecule has 7 nitrogen and oxygen atoms in total. The number of hydrogen-bond acceptors (Lipinski definition) is 5. The first kappa shape index (κ1) is 21.1. The fourth-order valence-electron chi connectivity index (χ4n) is 3.48. The highest BCUT2D eigenvalue weighted by Crippen LogP contribution is 2.31. The van der Waals surface area contributed by atoms with Crippen LogP contribution in [0.1, 0.15) is 44.1 Å². The van der Waals surface area contributed by atoms with Gasteiger partial charge in [-0.15, -0.1) is 0 Å². The summed E-state index contributed by atoms with van der Waals surface area (Å²) in [5.74, 6) is -1.67. The van der Waals surface area contributed by atoms with E-state index in [-0.39, 0.29) is 22.6 Å². The molecule has 3 rings (SSSR count). The van der Waals surface area contributed by atoms with Gasteiger partial charge in [0.1, 0.15) is 17.7 Å². The van der Waals surface area contributed by atoms with E-state index in [1.54, 1.807) is 13.0 Å². The lowest BCUT2D eigenvalue weighted by molar-refractivity contribution is -0.143. The maximum atomic E-state index is 13.8. The van der Waals surface area contributed by atoms with Gasteiger partial charge < -0.3 is 14.3 Å². The number of amides is 2. The molecular weight excluding hydrogens is 401 g/mol. The van der Waals surface area contributed by atoms with Gasteiger partial charge >= 0.3 is 0 Å². The van der Waals surface area contributed by atoms with Crippen LogP contribution in [0.5, 0.6) is 5.75 Å². The van der Waals surface area contributed by atoms with Crippen molar-refractivity contribution in [2.45, 2.75) is 45.6 Å². The second-order valence-corrected chi connectivity index (χ2v) is 7.86. The Labute approximate surface area is 173 Å². The second kappa shape index (κ2) is 8.82. The Morgan fingerprint density at radius 2 is 2.14 bits per heavy atom. The molecule has 1 aromatic carbocycles. The molecule has 2 aromatic rings. The Morgan fingerprint density at radius 1 is 1.38 bits per heavy atom. The van der Waals surface area contributed by atoms with Crippen molar-refractivity contribution < 1.29 is 23.3 Å². The van der Waals surface area contributed by atoms with Crippen molar-refractivity contribution in [3.05, 3.63) is 46.6 Å². The van der Waals surface area contributed by atoms with E-state index in [2.05, 4.69) is 10.6 Å². The van der Waals surface area contributed by atoms with Gasteiger partial charge in [0.15, 0.2) is 11.6 Å². The summed E-state index contributed by atoms with van der Waals surface area (Å²) in [5, 5.41) is 4.09. The van der Waals surface area contributed by atoms with Gasteiger partial charge in [0.05, 0.1) is 5.69 Å². The van der Waals surface area contributed by atoms with E-state index in [1.807, 2.05) is 13.8 Å². The number of hydroxylamine groups is 1. The van der Waals surface area contributed by atoms with Gasteiger partial charge in [-0.1, -0.05) is 30.6 Å². The molecule has 1 saturated heterocycles. The number of carbonyl (C=O) groups is 2. The normalized spacial score (nSPS) is 17.4. The largest absolute Gasteiger partial charge is 0.376 e. The molecule has 9 heteroatoms. The van der Waals surface area contributed by atoms with Gasteiger partial charge in [0.2, 0.25) is 5.91 Å². The van der Waals surface area contributed by atoms with Crippen LogP contribution in [0.4, 0.5) is 4.39 Å². The van der Waals surface area contributed by atoms with Crippen molar-refractivity contribution in [2.75, 3.05) is 6.54 Å². The maximum absolute atomic E-state index is 13.8. The first-order chi connectivity index (χ1) is 13.8. The predicted octanol–water partition coefficient (Wildman–Crippen LogP) is 3.62. The number of hydrogen-bond donors (Lipinski definition) is 1. The van der Waals surface area contributed by atoms with Crippen LogP contribution in [-0.4, -0.2) is 34.5 Å². The van der Waals surface area contributed by atoms with Gasteiger partial charge in [-0.2, -0.15) is 5.48 Å². The minimum atomic E-state index is -0.705. The zero-order chi connectivity index (χ0) is 21.1. The standard InChI is InChI=1S/C20H23ClFN3O4/c1-11(2)18(17-9-12(3)23-29-17)20(27)25-8-4-5-15(25)19(26)24-28-16-7-6-13(21)10-14(16)22/h6-7,9-11,15,18H,4-5,8H2,1-3H3,(H,24,26). The third-order valence-corrected chi connectivity index (χ3v) is 5.11. The average Bonchev–Trinajstić information content (AvgIpc) is 3.30. The lowest BCUT2D eigenvalue weighted by atomic mass is 9.91. The van der Waals surface area contributed by atoms with E-state index in [0.717, 1.165) is 6.07 Å². The van der Waals surface area contributed by atoms with Gasteiger partial charge in [0, 0.05) is 17.6 Å². The van der Waals surface area contributed by atoms with E-state index in [9.17, 15) is 14.0 Å². The zero-order valence-electron chi connectivity index (χ0n) is 16.4. The summed E-state index contributed by atoms with van der Waals surface area (Å²) >= 11 is 5.71. The molecule has 0 saturated carbocycles. The van der Waals surface area contributed by atoms with Crippen molar-refractivity contribution in [3.63, 3.8) is 0 Å². The van der Waals surface area contributed by atoms with Crippen LogP contribution in [0.3, 0.4) is 0 Å². The number of aryl methyl sites for hydroxylation is 1. The number of halogens is 2. The number of rotatable bonds is 6. The van der Waals surface area contributed by atoms with E-state index in [0.29, 0.717) is 30.8 Å². The molecule has 0 radical (unpaired) electrons. The molecule has 1 N–H and O–H groups in total. The fourth-order valence-corrected chi connectivity index (χ4v) is 3.64. The lowest BCUT2D eigenvalue weighted by Gasteiger charge is -2.28. The Bertz CT molecular complexity index is 902. The van der Waals surface area contributed by atoms with E-state index in [1.165, 1.54) is 17.0 Å². The van der Waals surface area contributed by atoms with Crippen LogP contribution in [0.25, 0.3) is 0 Å². The van der Waals surface area contributed by atoms with Crippen LogP contribution in [-0.2, 0) is 9.59 Å². The monoisotopic (exact) mass is 423 g/mol. The zero-order valence-corrected chi connectivity index (χ0v) is 17.2. The molecule has 156 valence electrons. The smallest absolute Gasteiger partial charge is 0.275 e. The summed E-state index contributed by atoms with van der Waals surface area (Å²) in [6, 6.07) is 4.88. The molecule has 1 aliphatic heterocycles. The number of nitrogens with one attached hydrogen (secondary N) is 1. The molecule has 0 bridgehead atoms. The van der Waals surface area contributed by atoms with Crippen molar-refractivity contribution >= 4 is 23.4 Å².